The van der Waals surface area contributed by atoms with Crippen molar-refractivity contribution in [3.8, 4) is 5.88 Å². The maximum absolute atomic E-state index is 9.14. The Morgan fingerprint density at radius 1 is 1.60 bits per heavy atom. The molecule has 15 heavy (non-hydrogen) atoms. The molecule has 0 spiro atoms. The minimum Gasteiger partial charge on any atom is -0.481 e. The van der Waals surface area contributed by atoms with E-state index in [0.717, 1.165) is 0 Å². The number of rotatable bonds is 5. The van der Waals surface area contributed by atoms with Gasteiger partial charge >= 0.3 is 0 Å². The number of nitrogen functional groups attached to an aromatic ring is 1. The number of anilines is 1. The van der Waals surface area contributed by atoms with Crippen molar-refractivity contribution in [3.63, 3.8) is 0 Å². The van der Waals surface area contributed by atoms with Gasteiger partial charge in [-0.3, -0.25) is 0 Å². The van der Waals surface area contributed by atoms with Crippen LogP contribution in [0.2, 0.25) is 0 Å². The van der Waals surface area contributed by atoms with Gasteiger partial charge < -0.3 is 20.7 Å². The Morgan fingerprint density at radius 3 is 2.93 bits per heavy atom. The van der Waals surface area contributed by atoms with Crippen molar-refractivity contribution in [2.45, 2.75) is 11.1 Å². The van der Waals surface area contributed by atoms with E-state index in [0.29, 0.717) is 16.7 Å². The van der Waals surface area contributed by atoms with Crippen LogP contribution in [0.5, 0.6) is 5.88 Å². The van der Waals surface area contributed by atoms with Crippen LogP contribution in [0, 0.1) is 0 Å². The lowest BCUT2D eigenvalue weighted by atomic mass is 10.4. The molecule has 1 unspecified atom stereocenters. The van der Waals surface area contributed by atoms with E-state index in [4.69, 9.17) is 20.7 Å². The van der Waals surface area contributed by atoms with E-state index in [1.165, 1.54) is 18.9 Å². The summed E-state index contributed by atoms with van der Waals surface area (Å²) >= 11 is 1.28. The molecule has 1 rings (SSSR count). The van der Waals surface area contributed by atoms with E-state index < -0.39 is 6.10 Å². The Bertz CT molecular complexity index is 324. The molecule has 0 saturated heterocycles. The van der Waals surface area contributed by atoms with Gasteiger partial charge in [-0.2, -0.15) is 4.98 Å². The van der Waals surface area contributed by atoms with Crippen molar-refractivity contribution < 1.29 is 14.9 Å². The number of aromatic nitrogens is 2. The van der Waals surface area contributed by atoms with Crippen LogP contribution >= 0.6 is 11.8 Å². The fourth-order valence-electron chi connectivity index (χ4n) is 0.834. The highest BCUT2D eigenvalue weighted by molar-refractivity contribution is 7.99. The SMILES string of the molecule is COc1cc(SCC(O)CO)nc(N)n1. The zero-order chi connectivity index (χ0) is 11.3. The smallest absolute Gasteiger partial charge is 0.224 e. The van der Waals surface area contributed by atoms with Crippen LogP contribution in [-0.4, -0.2) is 45.8 Å². The van der Waals surface area contributed by atoms with Crippen molar-refractivity contribution >= 4 is 17.7 Å². The van der Waals surface area contributed by atoms with E-state index in [-0.39, 0.29) is 12.6 Å². The molecule has 7 heteroatoms. The van der Waals surface area contributed by atoms with Gasteiger partial charge in [0.25, 0.3) is 0 Å². The summed E-state index contributed by atoms with van der Waals surface area (Å²) in [7, 11) is 1.48. The predicted octanol–water partition coefficient (Wildman–Crippen LogP) is -0.487. The number of thioether (sulfide) groups is 1. The number of aliphatic hydroxyl groups is 2. The second kappa shape index (κ2) is 5.74. The normalized spacial score (nSPS) is 12.5. The number of nitrogens with two attached hydrogens (primary N) is 1. The Morgan fingerprint density at radius 2 is 2.33 bits per heavy atom. The van der Waals surface area contributed by atoms with Gasteiger partial charge in [-0.15, -0.1) is 11.8 Å². The number of hydrogen-bond donors (Lipinski definition) is 3. The Kier molecular flexibility index (Phi) is 4.60. The number of nitrogens with zero attached hydrogens (tertiary/aromatic N) is 2. The average Bonchev–Trinajstić information content (AvgIpc) is 2.25. The van der Waals surface area contributed by atoms with Crippen LogP contribution in [0.4, 0.5) is 5.95 Å². The van der Waals surface area contributed by atoms with Gasteiger partial charge in [0.1, 0.15) is 5.03 Å². The van der Waals surface area contributed by atoms with Crippen molar-refractivity contribution in [2.75, 3.05) is 25.2 Å². The van der Waals surface area contributed by atoms with Crippen LogP contribution in [0.15, 0.2) is 11.1 Å². The van der Waals surface area contributed by atoms with E-state index in [9.17, 15) is 0 Å². The minimum atomic E-state index is -0.766. The summed E-state index contributed by atoms with van der Waals surface area (Å²) in [6.07, 6.45) is -0.766. The maximum Gasteiger partial charge on any atom is 0.224 e. The molecule has 0 bridgehead atoms. The van der Waals surface area contributed by atoms with Crippen molar-refractivity contribution in [1.29, 1.82) is 0 Å². The van der Waals surface area contributed by atoms with Gasteiger partial charge in [0.15, 0.2) is 0 Å². The van der Waals surface area contributed by atoms with E-state index in [1.54, 1.807) is 6.07 Å². The summed E-state index contributed by atoms with van der Waals surface area (Å²) in [5, 5.41) is 18.4. The first-order valence-corrected chi connectivity index (χ1v) is 5.24. The maximum atomic E-state index is 9.14. The first-order chi connectivity index (χ1) is 7.15. The Balaban J connectivity index is 2.64. The molecule has 0 aliphatic heterocycles. The average molecular weight is 231 g/mol. The number of hydrogen-bond acceptors (Lipinski definition) is 7. The second-order valence-corrected chi connectivity index (χ2v) is 3.79. The standard InChI is InChI=1S/C8H13N3O3S/c1-14-6-2-7(11-8(9)10-6)15-4-5(13)3-12/h2,5,12-13H,3-4H2,1H3,(H2,9,10,11). The monoisotopic (exact) mass is 231 g/mol. The van der Waals surface area contributed by atoms with Gasteiger partial charge in [0.2, 0.25) is 11.8 Å². The fourth-order valence-corrected chi connectivity index (χ4v) is 1.64. The molecule has 1 atom stereocenters. The topological polar surface area (TPSA) is 101 Å². The van der Waals surface area contributed by atoms with Gasteiger partial charge in [-0.1, -0.05) is 0 Å². The van der Waals surface area contributed by atoms with E-state index in [2.05, 4.69) is 9.97 Å². The molecule has 0 fully saturated rings. The molecule has 0 aliphatic rings. The molecule has 1 aromatic heterocycles. The lowest BCUT2D eigenvalue weighted by Crippen LogP contribution is -2.14. The number of methoxy groups -OCH3 is 1. The third kappa shape index (κ3) is 3.90. The highest BCUT2D eigenvalue weighted by Crippen LogP contribution is 2.20. The van der Waals surface area contributed by atoms with Gasteiger partial charge in [-0.05, 0) is 0 Å². The molecule has 1 aromatic rings. The van der Waals surface area contributed by atoms with Crippen LogP contribution in [0.25, 0.3) is 0 Å². The largest absolute Gasteiger partial charge is 0.481 e. The molecular formula is C8H13N3O3S. The summed E-state index contributed by atoms with van der Waals surface area (Å²) in [6, 6.07) is 1.62. The summed E-state index contributed by atoms with van der Waals surface area (Å²) in [5.41, 5.74) is 5.45. The fraction of sp³-hybridized carbons (Fsp3) is 0.500. The molecule has 84 valence electrons. The molecule has 1 heterocycles. The zero-order valence-electron chi connectivity index (χ0n) is 8.25. The molecule has 6 nitrogen and oxygen atoms in total. The molecule has 0 radical (unpaired) electrons. The Hall–Kier alpha value is -1.05. The molecular weight excluding hydrogens is 218 g/mol. The van der Waals surface area contributed by atoms with E-state index >= 15 is 0 Å². The summed E-state index contributed by atoms with van der Waals surface area (Å²) in [5.74, 6) is 0.842. The van der Waals surface area contributed by atoms with Crippen LogP contribution < -0.4 is 10.5 Å². The summed E-state index contributed by atoms with van der Waals surface area (Å²) in [4.78, 5) is 7.76. The molecule has 0 saturated carbocycles. The third-order valence-corrected chi connectivity index (χ3v) is 2.60. The van der Waals surface area contributed by atoms with Crippen molar-refractivity contribution in [1.82, 2.24) is 9.97 Å². The quantitative estimate of drug-likeness (QED) is 0.464. The lowest BCUT2D eigenvalue weighted by molar-refractivity contribution is 0.113. The van der Waals surface area contributed by atoms with Gasteiger partial charge in [0.05, 0.1) is 19.8 Å². The van der Waals surface area contributed by atoms with Crippen LogP contribution in [-0.2, 0) is 0 Å². The minimum absolute atomic E-state index is 0.121. The van der Waals surface area contributed by atoms with Crippen LogP contribution in [0.1, 0.15) is 0 Å². The lowest BCUT2D eigenvalue weighted by Gasteiger charge is -2.07. The zero-order valence-corrected chi connectivity index (χ0v) is 9.07. The Labute approximate surface area is 91.5 Å². The van der Waals surface area contributed by atoms with Gasteiger partial charge in [-0.25, -0.2) is 4.98 Å². The molecule has 0 aromatic carbocycles. The van der Waals surface area contributed by atoms with Crippen LogP contribution in [0.3, 0.4) is 0 Å². The summed E-state index contributed by atoms with van der Waals surface area (Å²) in [6.45, 7) is -0.273. The third-order valence-electron chi connectivity index (χ3n) is 1.54. The first kappa shape index (κ1) is 12.0. The van der Waals surface area contributed by atoms with E-state index in [1.807, 2.05) is 0 Å². The molecule has 4 N–H and O–H groups in total. The summed E-state index contributed by atoms with van der Waals surface area (Å²) < 4.78 is 4.91. The highest BCUT2D eigenvalue weighted by Gasteiger charge is 2.06. The first-order valence-electron chi connectivity index (χ1n) is 4.26. The predicted molar refractivity (Wildman–Crippen MR) is 56.8 cm³/mol. The van der Waals surface area contributed by atoms with Crippen molar-refractivity contribution in [3.05, 3.63) is 6.07 Å². The molecule has 0 aliphatic carbocycles. The van der Waals surface area contributed by atoms with Crippen molar-refractivity contribution in [2.24, 2.45) is 0 Å². The second-order valence-electron chi connectivity index (χ2n) is 2.75. The molecule has 0 amide bonds. The number of aliphatic hydroxyl groups excluding tert-OH is 2. The highest BCUT2D eigenvalue weighted by atomic mass is 32.2. The number of ether oxygens (including phenoxy) is 1. The van der Waals surface area contributed by atoms with Gasteiger partial charge in [0, 0.05) is 11.8 Å².